The molecule has 1 aromatic carbocycles. The van der Waals surface area contributed by atoms with E-state index in [2.05, 4.69) is 0 Å². The molecule has 0 aromatic heterocycles. The Morgan fingerprint density at radius 2 is 1.45 bits per heavy atom. The van der Waals surface area contributed by atoms with Gasteiger partial charge in [0.1, 0.15) is 0 Å². The Bertz CT molecular complexity index is 613. The van der Waals surface area contributed by atoms with Gasteiger partial charge in [-0.2, -0.15) is 0 Å². The number of rotatable bonds is 1. The first-order valence-electron chi connectivity index (χ1n) is 6.87. The lowest BCUT2D eigenvalue weighted by atomic mass is 9.85. The molecule has 2 amide bonds. The SMILES string of the molecule is Cc1cccc(C)c1N1C(=O)C2C3C=CC(O3)C2C1=O. The van der Waals surface area contributed by atoms with Crippen LogP contribution in [0.4, 0.5) is 5.69 Å². The molecule has 2 bridgehead atoms. The largest absolute Gasteiger partial charge is 0.365 e. The number of fused-ring (bicyclic) bond motifs is 5. The fraction of sp³-hybridized carbons (Fsp3) is 0.375. The molecule has 0 N–H and O–H groups in total. The van der Waals surface area contributed by atoms with Crippen LogP contribution in [0.2, 0.25) is 0 Å². The van der Waals surface area contributed by atoms with Crippen molar-refractivity contribution in [1.29, 1.82) is 0 Å². The van der Waals surface area contributed by atoms with Gasteiger partial charge in [-0.1, -0.05) is 30.4 Å². The van der Waals surface area contributed by atoms with Crippen molar-refractivity contribution in [1.82, 2.24) is 0 Å². The molecule has 3 aliphatic rings. The Morgan fingerprint density at radius 1 is 0.950 bits per heavy atom. The molecular formula is C16H15NO3. The molecule has 4 atom stereocenters. The van der Waals surface area contributed by atoms with Gasteiger partial charge in [-0.15, -0.1) is 0 Å². The van der Waals surface area contributed by atoms with Gasteiger partial charge in [-0.3, -0.25) is 9.59 Å². The highest BCUT2D eigenvalue weighted by Crippen LogP contribution is 2.47. The van der Waals surface area contributed by atoms with E-state index in [-0.39, 0.29) is 35.9 Å². The summed E-state index contributed by atoms with van der Waals surface area (Å²) >= 11 is 0. The van der Waals surface area contributed by atoms with Crippen LogP contribution in [-0.2, 0) is 14.3 Å². The molecule has 0 spiro atoms. The summed E-state index contributed by atoms with van der Waals surface area (Å²) in [6.07, 6.45) is 3.36. The van der Waals surface area contributed by atoms with E-state index < -0.39 is 0 Å². The standard InChI is InChI=1S/C16H15NO3/c1-8-4-3-5-9(2)14(8)17-15(18)12-10-6-7-11(20-10)13(12)16(17)19/h3-7,10-13H,1-2H3. The lowest BCUT2D eigenvalue weighted by Gasteiger charge is -2.21. The van der Waals surface area contributed by atoms with Gasteiger partial charge in [0.15, 0.2) is 0 Å². The van der Waals surface area contributed by atoms with Crippen LogP contribution < -0.4 is 4.90 Å². The highest BCUT2D eigenvalue weighted by atomic mass is 16.5. The lowest BCUT2D eigenvalue weighted by molar-refractivity contribution is -0.124. The fourth-order valence-electron chi connectivity index (χ4n) is 3.68. The molecule has 4 rings (SSSR count). The molecule has 3 aliphatic heterocycles. The van der Waals surface area contributed by atoms with Gasteiger partial charge >= 0.3 is 0 Å². The zero-order chi connectivity index (χ0) is 14.0. The number of nitrogens with zero attached hydrogens (tertiary/aromatic N) is 1. The molecule has 1 aromatic rings. The first kappa shape index (κ1) is 11.9. The summed E-state index contributed by atoms with van der Waals surface area (Å²) in [6, 6.07) is 5.80. The predicted molar refractivity (Wildman–Crippen MR) is 73.2 cm³/mol. The number of benzene rings is 1. The Morgan fingerprint density at radius 3 is 1.95 bits per heavy atom. The molecule has 102 valence electrons. The first-order valence-corrected chi connectivity index (χ1v) is 6.87. The normalized spacial score (nSPS) is 34.2. The molecule has 2 saturated heterocycles. The van der Waals surface area contributed by atoms with Crippen LogP contribution in [0.3, 0.4) is 0 Å². The Balaban J connectivity index is 1.82. The van der Waals surface area contributed by atoms with Crippen LogP contribution in [0, 0.1) is 25.7 Å². The van der Waals surface area contributed by atoms with Crippen molar-refractivity contribution in [2.45, 2.75) is 26.1 Å². The zero-order valence-electron chi connectivity index (χ0n) is 11.4. The summed E-state index contributed by atoms with van der Waals surface area (Å²) < 4.78 is 5.65. The van der Waals surface area contributed by atoms with Gasteiger partial charge in [-0.05, 0) is 25.0 Å². The molecule has 0 radical (unpaired) electrons. The highest BCUT2D eigenvalue weighted by molar-refractivity contribution is 6.23. The molecule has 2 fully saturated rings. The van der Waals surface area contributed by atoms with Gasteiger partial charge in [0.05, 0.1) is 29.7 Å². The first-order chi connectivity index (χ1) is 9.59. The number of aryl methyl sites for hydroxylation is 2. The van der Waals surface area contributed by atoms with Gasteiger partial charge < -0.3 is 4.74 Å². The van der Waals surface area contributed by atoms with E-state index in [1.54, 1.807) is 0 Å². The molecule has 3 heterocycles. The van der Waals surface area contributed by atoms with Crippen LogP contribution in [0.5, 0.6) is 0 Å². The van der Waals surface area contributed by atoms with Crippen molar-refractivity contribution in [3.05, 3.63) is 41.5 Å². The van der Waals surface area contributed by atoms with Crippen molar-refractivity contribution >= 4 is 17.5 Å². The van der Waals surface area contributed by atoms with E-state index in [4.69, 9.17) is 4.74 Å². The second-order valence-electron chi connectivity index (χ2n) is 5.75. The molecule has 4 unspecified atom stereocenters. The maximum Gasteiger partial charge on any atom is 0.240 e. The minimum Gasteiger partial charge on any atom is -0.365 e. The maximum absolute atomic E-state index is 12.7. The van der Waals surface area contributed by atoms with Crippen LogP contribution in [0.25, 0.3) is 0 Å². The second kappa shape index (κ2) is 3.79. The van der Waals surface area contributed by atoms with E-state index in [0.717, 1.165) is 16.8 Å². The number of anilines is 1. The average Bonchev–Trinajstić information content (AvgIpc) is 3.07. The second-order valence-corrected chi connectivity index (χ2v) is 5.75. The highest BCUT2D eigenvalue weighted by Gasteiger charge is 2.61. The minimum absolute atomic E-state index is 0.116. The van der Waals surface area contributed by atoms with Crippen molar-refractivity contribution in [2.75, 3.05) is 4.90 Å². The smallest absolute Gasteiger partial charge is 0.240 e. The van der Waals surface area contributed by atoms with Gasteiger partial charge in [0.25, 0.3) is 0 Å². The molecule has 0 aliphatic carbocycles. The van der Waals surface area contributed by atoms with Crippen molar-refractivity contribution in [3.8, 4) is 0 Å². The third kappa shape index (κ3) is 1.29. The van der Waals surface area contributed by atoms with Gasteiger partial charge in [0.2, 0.25) is 11.8 Å². The summed E-state index contributed by atoms with van der Waals surface area (Å²) in [4.78, 5) is 26.8. The average molecular weight is 269 g/mol. The van der Waals surface area contributed by atoms with Crippen LogP contribution in [-0.4, -0.2) is 24.0 Å². The molecular weight excluding hydrogens is 254 g/mol. The number of hydrogen-bond donors (Lipinski definition) is 0. The quantitative estimate of drug-likeness (QED) is 0.576. The van der Waals surface area contributed by atoms with E-state index in [1.165, 1.54) is 4.90 Å². The summed E-state index contributed by atoms with van der Waals surface area (Å²) in [7, 11) is 0. The summed E-state index contributed by atoms with van der Waals surface area (Å²) in [5.41, 5.74) is 2.65. The van der Waals surface area contributed by atoms with Gasteiger partial charge in [-0.25, -0.2) is 4.90 Å². The summed E-state index contributed by atoms with van der Waals surface area (Å²) in [5, 5.41) is 0. The summed E-state index contributed by atoms with van der Waals surface area (Å²) in [6.45, 7) is 3.86. The Labute approximate surface area is 117 Å². The topological polar surface area (TPSA) is 46.6 Å². The van der Waals surface area contributed by atoms with Crippen LogP contribution >= 0.6 is 0 Å². The van der Waals surface area contributed by atoms with Crippen LogP contribution in [0.1, 0.15) is 11.1 Å². The third-order valence-electron chi connectivity index (χ3n) is 4.57. The monoisotopic (exact) mass is 269 g/mol. The maximum atomic E-state index is 12.7. The van der Waals surface area contributed by atoms with Crippen LogP contribution in [0.15, 0.2) is 30.4 Å². The van der Waals surface area contributed by atoms with E-state index >= 15 is 0 Å². The van der Waals surface area contributed by atoms with Crippen molar-refractivity contribution in [3.63, 3.8) is 0 Å². The predicted octanol–water partition coefficient (Wildman–Crippen LogP) is 1.75. The third-order valence-corrected chi connectivity index (χ3v) is 4.57. The zero-order valence-corrected chi connectivity index (χ0v) is 11.4. The summed E-state index contributed by atoms with van der Waals surface area (Å²) in [5.74, 6) is -0.906. The molecule has 4 heteroatoms. The Kier molecular flexibility index (Phi) is 2.25. The number of carbonyl (C=O) groups excluding carboxylic acids is 2. The van der Waals surface area contributed by atoms with Crippen molar-refractivity contribution in [2.24, 2.45) is 11.8 Å². The van der Waals surface area contributed by atoms with E-state index in [1.807, 2.05) is 44.2 Å². The minimum atomic E-state index is -0.337. The van der Waals surface area contributed by atoms with Gasteiger partial charge in [0, 0.05) is 0 Å². The molecule has 4 nitrogen and oxygen atoms in total. The fourth-order valence-corrected chi connectivity index (χ4v) is 3.68. The molecule has 20 heavy (non-hydrogen) atoms. The number of para-hydroxylation sites is 1. The van der Waals surface area contributed by atoms with Crippen molar-refractivity contribution < 1.29 is 14.3 Å². The number of amides is 2. The number of ether oxygens (including phenoxy) is 1. The molecule has 0 saturated carbocycles. The Hall–Kier alpha value is -1.94. The number of carbonyl (C=O) groups is 2. The van der Waals surface area contributed by atoms with E-state index in [0.29, 0.717) is 0 Å². The van der Waals surface area contributed by atoms with E-state index in [9.17, 15) is 9.59 Å². The lowest BCUT2D eigenvalue weighted by Crippen LogP contribution is -2.35. The number of imide groups is 1. The number of hydrogen-bond acceptors (Lipinski definition) is 3.